The topological polar surface area (TPSA) is 212 Å². The van der Waals surface area contributed by atoms with E-state index in [4.69, 9.17) is 11.5 Å². The molecule has 2 aliphatic heterocycles. The molecule has 0 amide bonds. The Bertz CT molecular complexity index is 2790. The van der Waals surface area contributed by atoms with Crippen LogP contribution in [0, 0.1) is 20.2 Å². The Morgan fingerprint density at radius 1 is 0.469 bits per heavy atom. The van der Waals surface area contributed by atoms with Gasteiger partial charge in [-0.1, -0.05) is 48.5 Å². The summed E-state index contributed by atoms with van der Waals surface area (Å²) < 4.78 is 3.07. The summed E-state index contributed by atoms with van der Waals surface area (Å²) in [7, 11) is 4.29. The van der Waals surface area contributed by atoms with Crippen molar-refractivity contribution in [2.45, 2.75) is 0 Å². The van der Waals surface area contributed by atoms with Gasteiger partial charge in [-0.25, -0.2) is 9.97 Å². The number of para-hydroxylation sites is 2. The normalized spacial score (nSPS) is 14.7. The van der Waals surface area contributed by atoms with Crippen LogP contribution in [0.5, 0.6) is 0 Å². The number of nitro groups is 2. The van der Waals surface area contributed by atoms with Crippen molar-refractivity contribution in [3.05, 3.63) is 142 Å². The number of piperazine rings is 2. The molecule has 0 aliphatic carbocycles. The van der Waals surface area contributed by atoms with Gasteiger partial charge < -0.3 is 31.1 Å². The fourth-order valence-corrected chi connectivity index (χ4v) is 8.27. The molecule has 4 N–H and O–H groups in total. The van der Waals surface area contributed by atoms with Gasteiger partial charge >= 0.3 is 0 Å². The number of anilines is 4. The lowest BCUT2D eigenvalue weighted by Gasteiger charge is -2.34. The number of likely N-dealkylation sites (N-methyl/N-ethyl adjacent to an activating group) is 2. The average molecular weight is 859 g/mol. The van der Waals surface area contributed by atoms with Crippen LogP contribution in [0.15, 0.2) is 122 Å². The van der Waals surface area contributed by atoms with E-state index in [1.165, 1.54) is 32.5 Å². The molecule has 0 unspecified atom stereocenters. The molecule has 18 heteroatoms. The van der Waals surface area contributed by atoms with Crippen LogP contribution in [0.1, 0.15) is 0 Å². The minimum atomic E-state index is -0.421. The van der Waals surface area contributed by atoms with Crippen molar-refractivity contribution in [2.75, 3.05) is 87.7 Å². The lowest BCUT2D eigenvalue weighted by atomic mass is 10.1. The molecule has 8 aromatic rings. The van der Waals surface area contributed by atoms with Gasteiger partial charge in [0, 0.05) is 111 Å². The molecule has 4 aromatic carbocycles. The maximum atomic E-state index is 11.4. The first-order valence-electron chi connectivity index (χ1n) is 20.9. The number of fused-ring (bicyclic) bond motifs is 2. The van der Waals surface area contributed by atoms with E-state index >= 15 is 0 Å². The van der Waals surface area contributed by atoms with Crippen molar-refractivity contribution in [3.8, 4) is 44.5 Å². The lowest BCUT2D eigenvalue weighted by Crippen LogP contribution is -2.44. The predicted molar refractivity (Wildman–Crippen MR) is 249 cm³/mol. The third-order valence-electron chi connectivity index (χ3n) is 12.0. The molecule has 2 aliphatic rings. The zero-order chi connectivity index (χ0) is 44.5. The van der Waals surface area contributed by atoms with Gasteiger partial charge in [0.1, 0.15) is 11.6 Å². The summed E-state index contributed by atoms with van der Waals surface area (Å²) in [6, 6.07) is 29.7. The van der Waals surface area contributed by atoms with Crippen LogP contribution in [-0.4, -0.2) is 115 Å². The minimum Gasteiger partial charge on any atom is -0.383 e. The van der Waals surface area contributed by atoms with Crippen LogP contribution >= 0.6 is 0 Å². The van der Waals surface area contributed by atoms with Gasteiger partial charge in [-0.05, 0) is 61.6 Å². The second-order valence-corrected chi connectivity index (χ2v) is 15.9. The zero-order valence-corrected chi connectivity index (χ0v) is 35.4. The fraction of sp³-hybridized carbons (Fsp3) is 0.217. The van der Waals surface area contributed by atoms with Gasteiger partial charge in [0.05, 0.1) is 33.4 Å². The molecule has 0 atom stereocenters. The summed E-state index contributed by atoms with van der Waals surface area (Å²) in [5.74, 6) is 0.620. The molecule has 2 fully saturated rings. The third kappa shape index (κ3) is 7.98. The molecule has 0 bridgehead atoms. The predicted octanol–water partition coefficient (Wildman–Crippen LogP) is 6.61. The summed E-state index contributed by atoms with van der Waals surface area (Å²) in [5.41, 5.74) is 21.8. The summed E-state index contributed by atoms with van der Waals surface area (Å²) in [4.78, 5) is 40.6. The zero-order valence-electron chi connectivity index (χ0n) is 35.4. The number of hydrogen-bond donors (Lipinski definition) is 2. The summed E-state index contributed by atoms with van der Waals surface area (Å²) in [6.07, 6.45) is 6.62. The van der Waals surface area contributed by atoms with Gasteiger partial charge in [0.2, 0.25) is 0 Å². The molecule has 18 nitrogen and oxygen atoms in total. The number of aromatic nitrogens is 6. The highest BCUT2D eigenvalue weighted by Crippen LogP contribution is 2.37. The van der Waals surface area contributed by atoms with Gasteiger partial charge in [-0.15, -0.1) is 0 Å². The van der Waals surface area contributed by atoms with Gasteiger partial charge in [-0.2, -0.15) is 19.2 Å². The van der Waals surface area contributed by atoms with Gasteiger partial charge in [-0.3, -0.25) is 20.2 Å². The molecule has 0 radical (unpaired) electrons. The maximum Gasteiger partial charge on any atom is 0.277 e. The highest BCUT2D eigenvalue weighted by molar-refractivity contribution is 5.86. The third-order valence-corrected chi connectivity index (χ3v) is 12.0. The van der Waals surface area contributed by atoms with Gasteiger partial charge in [0.25, 0.3) is 11.4 Å². The molecular weight excluding hydrogens is 813 g/mol. The van der Waals surface area contributed by atoms with E-state index in [2.05, 4.69) is 102 Å². The van der Waals surface area contributed by atoms with Crippen molar-refractivity contribution in [2.24, 2.45) is 0 Å². The Kier molecular flexibility index (Phi) is 11.3. The number of nitrogens with two attached hydrogens (primary N) is 2. The molecule has 10 rings (SSSR count). The lowest BCUT2D eigenvalue weighted by molar-refractivity contribution is -0.384. The van der Waals surface area contributed by atoms with Crippen molar-refractivity contribution in [1.29, 1.82) is 0 Å². The highest BCUT2D eigenvalue weighted by Gasteiger charge is 2.23. The Morgan fingerprint density at radius 3 is 1.19 bits per heavy atom. The first-order chi connectivity index (χ1) is 31.0. The van der Waals surface area contributed by atoms with Gasteiger partial charge in [0.15, 0.2) is 11.3 Å². The first kappa shape index (κ1) is 41.4. The standard InChI is InChI=1S/2C23H23N7O2/c2*1-27-10-12-28(13-11-27)17-8-6-16(7-9-17)19-15-26-29-22(24)20(14-25-23(19)29)18-4-2-3-5-21(18)30(31)32/h2*2-9,14-15H,10-13,24H2,1H3. The van der Waals surface area contributed by atoms with E-state index < -0.39 is 9.85 Å². The number of nitro benzene ring substituents is 2. The smallest absolute Gasteiger partial charge is 0.277 e. The van der Waals surface area contributed by atoms with Crippen molar-refractivity contribution < 1.29 is 9.85 Å². The molecule has 6 heterocycles. The van der Waals surface area contributed by atoms with E-state index in [0.717, 1.165) is 74.6 Å². The summed E-state index contributed by atoms with van der Waals surface area (Å²) in [6.45, 7) is 8.28. The summed E-state index contributed by atoms with van der Waals surface area (Å²) in [5, 5.41) is 31.7. The number of hydrogen-bond acceptors (Lipinski definition) is 14. The molecule has 0 saturated carbocycles. The molecule has 324 valence electrons. The quantitative estimate of drug-likeness (QED) is 0.122. The monoisotopic (exact) mass is 858 g/mol. The van der Waals surface area contributed by atoms with Crippen LogP contribution in [-0.2, 0) is 0 Å². The summed E-state index contributed by atoms with van der Waals surface area (Å²) >= 11 is 0. The molecule has 0 spiro atoms. The highest BCUT2D eigenvalue weighted by atomic mass is 16.6. The van der Waals surface area contributed by atoms with E-state index in [1.54, 1.807) is 61.2 Å². The van der Waals surface area contributed by atoms with E-state index in [9.17, 15) is 20.2 Å². The molecule has 64 heavy (non-hydrogen) atoms. The van der Waals surface area contributed by atoms with Crippen LogP contribution < -0.4 is 21.3 Å². The Morgan fingerprint density at radius 2 is 0.828 bits per heavy atom. The Labute approximate surface area is 367 Å². The maximum absolute atomic E-state index is 11.4. The van der Waals surface area contributed by atoms with Crippen molar-refractivity contribution >= 4 is 45.7 Å². The molecule has 2 saturated heterocycles. The Balaban J connectivity index is 0.000000162. The second kappa shape index (κ2) is 17.4. The Hall–Kier alpha value is -7.96. The van der Waals surface area contributed by atoms with Crippen LogP contribution in [0.25, 0.3) is 55.8 Å². The number of rotatable bonds is 8. The number of nitrogen functional groups attached to an aromatic ring is 2. The van der Waals surface area contributed by atoms with Crippen LogP contribution in [0.3, 0.4) is 0 Å². The number of benzene rings is 4. The van der Waals surface area contributed by atoms with Crippen molar-refractivity contribution in [1.82, 2.24) is 39.0 Å². The second-order valence-electron chi connectivity index (χ2n) is 15.9. The molecule has 4 aromatic heterocycles. The van der Waals surface area contributed by atoms with Crippen LogP contribution in [0.2, 0.25) is 0 Å². The van der Waals surface area contributed by atoms with Crippen molar-refractivity contribution in [3.63, 3.8) is 0 Å². The average Bonchev–Trinajstić information content (AvgIpc) is 3.96. The van der Waals surface area contributed by atoms with E-state index in [-0.39, 0.29) is 11.4 Å². The van der Waals surface area contributed by atoms with E-state index in [1.807, 2.05) is 0 Å². The molecular formula is C46H46N14O4. The first-order valence-corrected chi connectivity index (χ1v) is 20.9. The minimum absolute atomic E-state index is 0.0211. The fourth-order valence-electron chi connectivity index (χ4n) is 8.27. The van der Waals surface area contributed by atoms with E-state index in [0.29, 0.717) is 45.2 Å². The van der Waals surface area contributed by atoms with Crippen LogP contribution in [0.4, 0.5) is 34.4 Å². The number of nitrogens with zero attached hydrogens (tertiary/aromatic N) is 12. The SMILES string of the molecule is CN1CCN(c2ccc(-c3cnn4c(N)c(-c5ccccc5[N+](=O)[O-])cnc34)cc2)CC1.CN1CCN(c2ccc(-c3cnn4c(N)c(-c5ccccc5[N+](=O)[O-])cnc34)cc2)CC1. The largest absolute Gasteiger partial charge is 0.383 e.